The molecule has 2 rings (SSSR count). The third-order valence-electron chi connectivity index (χ3n) is 5.90. The number of hydrogen-bond acceptors (Lipinski definition) is 12. The summed E-state index contributed by atoms with van der Waals surface area (Å²) in [5.74, 6) is -9.01. The average Bonchev–Trinajstić information content (AvgIpc) is 3.17. The van der Waals surface area contributed by atoms with E-state index in [1.54, 1.807) is 0 Å². The van der Waals surface area contributed by atoms with E-state index in [0.717, 1.165) is 11.8 Å². The first-order valence-electron chi connectivity index (χ1n) is 11.5. The molecule has 0 bridgehead atoms. The lowest BCUT2D eigenvalue weighted by Crippen LogP contribution is -2.72. The highest BCUT2D eigenvalue weighted by Crippen LogP contribution is 2.33. The van der Waals surface area contributed by atoms with Crippen LogP contribution in [0.1, 0.15) is 32.6 Å². The van der Waals surface area contributed by atoms with Crippen LogP contribution in [0.3, 0.4) is 0 Å². The predicted octanol–water partition coefficient (Wildman–Crippen LogP) is -4.33. The summed E-state index contributed by atoms with van der Waals surface area (Å²) in [6.07, 6.45) is -12.2. The standard InChI is InChI=1S/C21H30FN3O13/c1-9(26)24-15-17(33)19(22)21(36,20(34)35)38-18(15)16(32)10(27)8-37-14(31)5-2-11(28)23-6-7-25-12(29)3-4-13(25)30/h10,15-19,27,32-33,36H,2-8H2,1H3,(H,23,28)(H,24,26)(H,34,35)/t10-,15-,16-,17-,18-,19?,21?/m1/s1. The zero-order valence-corrected chi connectivity index (χ0v) is 20.2. The second-order valence-corrected chi connectivity index (χ2v) is 8.73. The maximum absolute atomic E-state index is 14.4. The van der Waals surface area contributed by atoms with Crippen molar-refractivity contribution in [2.45, 2.75) is 75.0 Å². The maximum atomic E-state index is 14.4. The summed E-state index contributed by atoms with van der Waals surface area (Å²) in [6, 6.07) is -1.81. The fraction of sp³-hybridized carbons (Fsp3) is 0.714. The number of carboxylic acid groups (broad SMARTS) is 1. The number of esters is 1. The molecule has 4 amide bonds. The first-order valence-corrected chi connectivity index (χ1v) is 11.5. The molecule has 2 saturated heterocycles. The lowest BCUT2D eigenvalue weighted by Gasteiger charge is -2.46. The summed E-state index contributed by atoms with van der Waals surface area (Å²) in [5.41, 5.74) is 0. The minimum Gasteiger partial charge on any atom is -0.477 e. The van der Waals surface area contributed by atoms with Crippen LogP contribution in [-0.2, 0) is 38.2 Å². The van der Waals surface area contributed by atoms with Crippen LogP contribution in [-0.4, -0.2) is 128 Å². The zero-order valence-electron chi connectivity index (χ0n) is 20.2. The highest BCUT2D eigenvalue weighted by Gasteiger charge is 2.61. The summed E-state index contributed by atoms with van der Waals surface area (Å²) in [4.78, 5) is 70.6. The second kappa shape index (κ2) is 13.0. The third kappa shape index (κ3) is 7.41. The molecule has 0 aromatic carbocycles. The number of carboxylic acids is 1. The molecule has 16 nitrogen and oxygen atoms in total. The number of carbonyl (C=O) groups excluding carboxylic acids is 5. The molecule has 214 valence electrons. The van der Waals surface area contributed by atoms with E-state index in [2.05, 4.69) is 5.32 Å². The van der Waals surface area contributed by atoms with Crippen molar-refractivity contribution in [3.63, 3.8) is 0 Å². The maximum Gasteiger partial charge on any atom is 0.367 e. The third-order valence-corrected chi connectivity index (χ3v) is 5.90. The molecule has 0 aromatic heterocycles. The SMILES string of the molecule is CC(=O)N[C@H]1[C@H]([C@H](O)[C@H](O)COC(=O)CCC(=O)NCCN2C(=O)CCC2=O)OC(O)(C(=O)O)C(F)[C@@H]1O. The van der Waals surface area contributed by atoms with E-state index < -0.39 is 79.2 Å². The molecule has 2 fully saturated rings. The van der Waals surface area contributed by atoms with Gasteiger partial charge in [-0.05, 0) is 0 Å². The quantitative estimate of drug-likeness (QED) is 0.0896. The van der Waals surface area contributed by atoms with Gasteiger partial charge in [0.1, 0.15) is 31.0 Å². The number of ether oxygens (including phenoxy) is 2. The van der Waals surface area contributed by atoms with Gasteiger partial charge in [-0.15, -0.1) is 0 Å². The number of likely N-dealkylation sites (tertiary alicyclic amines) is 1. The van der Waals surface area contributed by atoms with Crippen molar-refractivity contribution >= 4 is 35.6 Å². The number of aliphatic hydroxyl groups is 4. The number of aliphatic carboxylic acids is 1. The number of amides is 4. The van der Waals surface area contributed by atoms with E-state index in [1.165, 1.54) is 0 Å². The molecule has 2 unspecified atom stereocenters. The Kier molecular flexibility index (Phi) is 10.6. The minimum atomic E-state index is -3.63. The minimum absolute atomic E-state index is 0.0183. The first kappa shape index (κ1) is 31.0. The van der Waals surface area contributed by atoms with Crippen LogP contribution in [0.5, 0.6) is 0 Å². The highest BCUT2D eigenvalue weighted by molar-refractivity contribution is 6.01. The molecule has 0 aliphatic carbocycles. The van der Waals surface area contributed by atoms with E-state index in [9.17, 15) is 53.6 Å². The number of imide groups is 1. The van der Waals surface area contributed by atoms with Crippen molar-refractivity contribution in [3.8, 4) is 0 Å². The Morgan fingerprint density at radius 1 is 1.18 bits per heavy atom. The largest absolute Gasteiger partial charge is 0.477 e. The lowest BCUT2D eigenvalue weighted by atomic mass is 9.87. The lowest BCUT2D eigenvalue weighted by molar-refractivity contribution is -0.320. The Labute approximate surface area is 214 Å². The fourth-order valence-corrected chi connectivity index (χ4v) is 3.86. The molecule has 0 saturated carbocycles. The van der Waals surface area contributed by atoms with Crippen molar-refractivity contribution < 1.29 is 68.2 Å². The van der Waals surface area contributed by atoms with Crippen molar-refractivity contribution in [1.82, 2.24) is 15.5 Å². The van der Waals surface area contributed by atoms with E-state index in [1.807, 2.05) is 5.32 Å². The molecule has 2 heterocycles. The van der Waals surface area contributed by atoms with Crippen LogP contribution in [0.2, 0.25) is 0 Å². The second-order valence-electron chi connectivity index (χ2n) is 8.73. The normalized spacial score (nSPS) is 28.9. The average molecular weight is 551 g/mol. The number of alkyl halides is 1. The summed E-state index contributed by atoms with van der Waals surface area (Å²) in [6.45, 7) is -0.00772. The van der Waals surface area contributed by atoms with Crippen LogP contribution < -0.4 is 10.6 Å². The Bertz CT molecular complexity index is 933. The number of carbonyl (C=O) groups is 6. The summed E-state index contributed by atoms with van der Waals surface area (Å²) in [7, 11) is 0. The van der Waals surface area contributed by atoms with Gasteiger partial charge in [-0.1, -0.05) is 0 Å². The smallest absolute Gasteiger partial charge is 0.367 e. The number of hydrogen-bond donors (Lipinski definition) is 7. The van der Waals surface area contributed by atoms with Gasteiger partial charge in [0, 0.05) is 39.3 Å². The molecule has 2 aliphatic rings. The molecule has 7 N–H and O–H groups in total. The number of aliphatic hydroxyl groups excluding tert-OH is 3. The van der Waals surface area contributed by atoms with Gasteiger partial charge in [0.15, 0.2) is 6.17 Å². The molecule has 2 aliphatic heterocycles. The highest BCUT2D eigenvalue weighted by atomic mass is 19.1. The Hall–Kier alpha value is -3.25. The Morgan fingerprint density at radius 3 is 2.34 bits per heavy atom. The van der Waals surface area contributed by atoms with Crippen LogP contribution in [0, 0.1) is 0 Å². The fourth-order valence-electron chi connectivity index (χ4n) is 3.86. The van der Waals surface area contributed by atoms with Crippen molar-refractivity contribution in [2.24, 2.45) is 0 Å². The van der Waals surface area contributed by atoms with E-state index >= 15 is 0 Å². The summed E-state index contributed by atoms with van der Waals surface area (Å²) in [5, 5.41) is 54.3. The molecular weight excluding hydrogens is 521 g/mol. The van der Waals surface area contributed by atoms with Gasteiger partial charge in [0.2, 0.25) is 23.6 Å². The monoisotopic (exact) mass is 551 g/mol. The van der Waals surface area contributed by atoms with Gasteiger partial charge in [-0.2, -0.15) is 0 Å². The number of halogens is 1. The van der Waals surface area contributed by atoms with Crippen LogP contribution in [0.25, 0.3) is 0 Å². The predicted molar refractivity (Wildman–Crippen MR) is 117 cm³/mol. The molecule has 38 heavy (non-hydrogen) atoms. The van der Waals surface area contributed by atoms with E-state index in [4.69, 9.17) is 14.6 Å². The topological polar surface area (TPSA) is 249 Å². The molecule has 0 radical (unpaired) electrons. The van der Waals surface area contributed by atoms with Crippen LogP contribution in [0.15, 0.2) is 0 Å². The molecule has 0 spiro atoms. The van der Waals surface area contributed by atoms with Gasteiger partial charge in [0.05, 0.1) is 12.5 Å². The number of nitrogens with zero attached hydrogens (tertiary/aromatic N) is 1. The van der Waals surface area contributed by atoms with Gasteiger partial charge < -0.3 is 45.6 Å². The first-order chi connectivity index (χ1) is 17.7. The van der Waals surface area contributed by atoms with Crippen molar-refractivity contribution in [1.29, 1.82) is 0 Å². The molecule has 0 aromatic rings. The summed E-state index contributed by atoms with van der Waals surface area (Å²) < 4.78 is 23.9. The van der Waals surface area contributed by atoms with E-state index in [0.29, 0.717) is 0 Å². The van der Waals surface area contributed by atoms with Crippen molar-refractivity contribution in [2.75, 3.05) is 19.7 Å². The van der Waals surface area contributed by atoms with E-state index in [-0.39, 0.29) is 44.2 Å². The van der Waals surface area contributed by atoms with Gasteiger partial charge in [-0.25, -0.2) is 9.18 Å². The number of nitrogens with one attached hydrogen (secondary N) is 2. The Morgan fingerprint density at radius 2 is 1.79 bits per heavy atom. The zero-order chi connectivity index (χ0) is 28.8. The number of rotatable bonds is 12. The molecule has 7 atom stereocenters. The Balaban J connectivity index is 1.85. The van der Waals surface area contributed by atoms with Crippen molar-refractivity contribution in [3.05, 3.63) is 0 Å². The van der Waals surface area contributed by atoms with Gasteiger partial charge in [0.25, 0.3) is 0 Å². The molecule has 17 heteroatoms. The molecular formula is C21H30FN3O13. The van der Waals surface area contributed by atoms with Crippen LogP contribution >= 0.6 is 0 Å². The van der Waals surface area contributed by atoms with Crippen LogP contribution in [0.4, 0.5) is 4.39 Å². The summed E-state index contributed by atoms with van der Waals surface area (Å²) >= 11 is 0. The van der Waals surface area contributed by atoms with Gasteiger partial charge >= 0.3 is 17.7 Å². The van der Waals surface area contributed by atoms with Gasteiger partial charge in [-0.3, -0.25) is 28.9 Å².